The van der Waals surface area contributed by atoms with Crippen molar-refractivity contribution >= 4 is 23.3 Å². The van der Waals surface area contributed by atoms with Gasteiger partial charge in [-0.15, -0.1) is 0 Å². The van der Waals surface area contributed by atoms with Crippen LogP contribution in [-0.4, -0.2) is 24.0 Å². The molecule has 0 bridgehead atoms. The number of urea groups is 1. The highest BCUT2D eigenvalue weighted by Crippen LogP contribution is 2.36. The highest BCUT2D eigenvalue weighted by molar-refractivity contribution is 6.30. The number of likely N-dealkylation sites (tertiary alicyclic amines) is 1. The fourth-order valence-electron chi connectivity index (χ4n) is 1.97. The molecule has 0 aliphatic carbocycles. The Kier molecular flexibility index (Phi) is 3.89. The van der Waals surface area contributed by atoms with Crippen LogP contribution in [0.2, 0.25) is 5.02 Å². The highest BCUT2D eigenvalue weighted by Gasteiger charge is 2.34. The molecule has 7 heteroatoms. The van der Waals surface area contributed by atoms with Gasteiger partial charge in [-0.2, -0.15) is 13.2 Å². The molecule has 1 aliphatic heterocycles. The van der Waals surface area contributed by atoms with Crippen molar-refractivity contribution in [2.75, 3.05) is 18.4 Å². The smallest absolute Gasteiger partial charge is 0.325 e. The van der Waals surface area contributed by atoms with E-state index in [0.717, 1.165) is 18.9 Å². The number of hydrogen-bond acceptors (Lipinski definition) is 1. The lowest BCUT2D eigenvalue weighted by molar-refractivity contribution is -0.136. The summed E-state index contributed by atoms with van der Waals surface area (Å²) >= 11 is 5.56. The molecule has 1 aliphatic rings. The number of amides is 2. The molecule has 2 rings (SSSR count). The summed E-state index contributed by atoms with van der Waals surface area (Å²) in [6, 6.07) is 2.78. The molecule has 1 aromatic rings. The molecule has 1 saturated heterocycles. The first-order valence-electron chi connectivity index (χ1n) is 5.80. The third kappa shape index (κ3) is 3.32. The van der Waals surface area contributed by atoms with Gasteiger partial charge in [-0.05, 0) is 31.0 Å². The second-order valence-electron chi connectivity index (χ2n) is 4.31. The minimum absolute atomic E-state index is 0.0218. The average Bonchev–Trinajstić information content (AvgIpc) is 2.83. The standard InChI is InChI=1S/C12H12ClF3N2O/c13-8-3-4-10(9(7-8)12(14,15)16)17-11(19)18-5-1-2-6-18/h3-4,7H,1-2,5-6H2,(H,17,19). The van der Waals surface area contributed by atoms with E-state index in [4.69, 9.17) is 11.6 Å². The van der Waals surface area contributed by atoms with Gasteiger partial charge in [0.25, 0.3) is 0 Å². The van der Waals surface area contributed by atoms with Gasteiger partial charge < -0.3 is 10.2 Å². The first-order chi connectivity index (χ1) is 8.88. The minimum Gasteiger partial charge on any atom is -0.325 e. The number of anilines is 1. The monoisotopic (exact) mass is 292 g/mol. The first kappa shape index (κ1) is 14.0. The second kappa shape index (κ2) is 5.28. The Morgan fingerprint density at radius 2 is 1.89 bits per heavy atom. The van der Waals surface area contributed by atoms with Gasteiger partial charge in [-0.25, -0.2) is 4.79 Å². The van der Waals surface area contributed by atoms with Gasteiger partial charge in [0.2, 0.25) is 0 Å². The zero-order valence-corrected chi connectivity index (χ0v) is 10.7. The lowest BCUT2D eigenvalue weighted by Gasteiger charge is -2.19. The van der Waals surface area contributed by atoms with Crippen LogP contribution < -0.4 is 5.32 Å². The Labute approximate surface area is 113 Å². The van der Waals surface area contributed by atoms with Crippen molar-refractivity contribution in [3.8, 4) is 0 Å². The summed E-state index contributed by atoms with van der Waals surface area (Å²) in [4.78, 5) is 13.3. The van der Waals surface area contributed by atoms with E-state index in [2.05, 4.69) is 5.32 Å². The summed E-state index contributed by atoms with van der Waals surface area (Å²) < 4.78 is 38.5. The number of carbonyl (C=O) groups is 1. The van der Waals surface area contributed by atoms with E-state index >= 15 is 0 Å². The maximum Gasteiger partial charge on any atom is 0.418 e. The van der Waals surface area contributed by atoms with Crippen LogP contribution in [0.3, 0.4) is 0 Å². The molecule has 19 heavy (non-hydrogen) atoms. The Balaban J connectivity index is 2.22. The van der Waals surface area contributed by atoms with Gasteiger partial charge in [0.15, 0.2) is 0 Å². The molecule has 3 nitrogen and oxygen atoms in total. The van der Waals surface area contributed by atoms with E-state index in [1.165, 1.54) is 17.0 Å². The van der Waals surface area contributed by atoms with Crippen LogP contribution in [0.4, 0.5) is 23.7 Å². The predicted molar refractivity (Wildman–Crippen MR) is 66.3 cm³/mol. The predicted octanol–water partition coefficient (Wildman–Crippen LogP) is 3.99. The number of nitrogens with one attached hydrogen (secondary N) is 1. The van der Waals surface area contributed by atoms with Crippen LogP contribution in [0.15, 0.2) is 18.2 Å². The molecule has 0 spiro atoms. The lowest BCUT2D eigenvalue weighted by Crippen LogP contribution is -2.32. The average molecular weight is 293 g/mol. The first-order valence-corrected chi connectivity index (χ1v) is 6.18. The number of halogens is 4. The van der Waals surface area contributed by atoms with Gasteiger partial charge in [0.1, 0.15) is 0 Å². The fraction of sp³-hybridized carbons (Fsp3) is 0.417. The molecule has 1 heterocycles. The molecule has 1 N–H and O–H groups in total. The summed E-state index contributed by atoms with van der Waals surface area (Å²) in [5.41, 5.74) is -1.21. The number of alkyl halides is 3. The van der Waals surface area contributed by atoms with Gasteiger partial charge in [0, 0.05) is 18.1 Å². The van der Waals surface area contributed by atoms with Crippen molar-refractivity contribution in [1.82, 2.24) is 4.90 Å². The van der Waals surface area contributed by atoms with Crippen LogP contribution in [0.25, 0.3) is 0 Å². The second-order valence-corrected chi connectivity index (χ2v) is 4.75. The number of rotatable bonds is 1. The van der Waals surface area contributed by atoms with Crippen LogP contribution in [-0.2, 0) is 6.18 Å². The molecule has 1 aromatic carbocycles. The third-order valence-electron chi connectivity index (χ3n) is 2.92. The molecular weight excluding hydrogens is 281 g/mol. The Hall–Kier alpha value is -1.43. The summed E-state index contributed by atoms with van der Waals surface area (Å²) in [6.07, 6.45) is -2.81. The van der Waals surface area contributed by atoms with Gasteiger partial charge in [-0.3, -0.25) is 0 Å². The highest BCUT2D eigenvalue weighted by atomic mass is 35.5. The van der Waals surface area contributed by atoms with Crippen LogP contribution >= 0.6 is 11.6 Å². The van der Waals surface area contributed by atoms with Crippen LogP contribution in [0, 0.1) is 0 Å². The SMILES string of the molecule is O=C(Nc1ccc(Cl)cc1C(F)(F)F)N1CCCC1. The number of carbonyl (C=O) groups excluding carboxylic acids is 1. The van der Waals surface area contributed by atoms with E-state index in [9.17, 15) is 18.0 Å². The maximum atomic E-state index is 12.8. The quantitative estimate of drug-likeness (QED) is 0.834. The van der Waals surface area contributed by atoms with Gasteiger partial charge in [0.05, 0.1) is 11.3 Å². The van der Waals surface area contributed by atoms with Crippen molar-refractivity contribution < 1.29 is 18.0 Å². The van der Waals surface area contributed by atoms with Crippen molar-refractivity contribution in [3.63, 3.8) is 0 Å². The Bertz CT molecular complexity index is 484. The molecule has 104 valence electrons. The van der Waals surface area contributed by atoms with Crippen LogP contribution in [0.1, 0.15) is 18.4 Å². The summed E-state index contributed by atoms with van der Waals surface area (Å²) in [5, 5.41) is 2.27. The summed E-state index contributed by atoms with van der Waals surface area (Å²) in [6.45, 7) is 1.14. The summed E-state index contributed by atoms with van der Waals surface area (Å²) in [5.74, 6) is 0. The Morgan fingerprint density at radius 1 is 1.26 bits per heavy atom. The molecule has 0 saturated carbocycles. The van der Waals surface area contributed by atoms with E-state index in [-0.39, 0.29) is 10.7 Å². The molecule has 0 aromatic heterocycles. The zero-order chi connectivity index (χ0) is 14.0. The third-order valence-corrected chi connectivity index (χ3v) is 3.16. The van der Waals surface area contributed by atoms with Crippen molar-refractivity contribution in [3.05, 3.63) is 28.8 Å². The topological polar surface area (TPSA) is 32.3 Å². The Morgan fingerprint density at radius 3 is 2.47 bits per heavy atom. The fourth-order valence-corrected chi connectivity index (χ4v) is 2.15. The minimum atomic E-state index is -4.56. The van der Waals surface area contributed by atoms with E-state index in [1.807, 2.05) is 0 Å². The molecule has 0 radical (unpaired) electrons. The number of benzene rings is 1. The molecule has 2 amide bonds. The van der Waals surface area contributed by atoms with Gasteiger partial charge in [-0.1, -0.05) is 11.6 Å². The van der Waals surface area contributed by atoms with Crippen molar-refractivity contribution in [2.24, 2.45) is 0 Å². The molecule has 0 atom stereocenters. The normalized spacial score (nSPS) is 15.7. The van der Waals surface area contributed by atoms with Crippen LogP contribution in [0.5, 0.6) is 0 Å². The zero-order valence-electron chi connectivity index (χ0n) is 9.93. The largest absolute Gasteiger partial charge is 0.418 e. The lowest BCUT2D eigenvalue weighted by atomic mass is 10.1. The molecule has 0 unspecified atom stereocenters. The maximum absolute atomic E-state index is 12.8. The summed E-state index contributed by atoms with van der Waals surface area (Å²) in [7, 11) is 0. The molecule has 1 fully saturated rings. The van der Waals surface area contributed by atoms with Crippen molar-refractivity contribution in [1.29, 1.82) is 0 Å². The van der Waals surface area contributed by atoms with E-state index in [0.29, 0.717) is 13.1 Å². The number of hydrogen-bond donors (Lipinski definition) is 1. The van der Waals surface area contributed by atoms with Crippen molar-refractivity contribution in [2.45, 2.75) is 19.0 Å². The van der Waals surface area contributed by atoms with E-state index < -0.39 is 17.8 Å². The molecular formula is C12H12ClF3N2O. The van der Waals surface area contributed by atoms with E-state index in [1.54, 1.807) is 0 Å². The number of nitrogens with zero attached hydrogens (tertiary/aromatic N) is 1. The van der Waals surface area contributed by atoms with Gasteiger partial charge >= 0.3 is 12.2 Å².